The first kappa shape index (κ1) is 41.4. The number of nitrogens with two attached hydrogens (primary N) is 1. The number of carbonyl (C=O) groups excluding carboxylic acids is 6. The van der Waals surface area contributed by atoms with Crippen LogP contribution in [-0.2, 0) is 38.6 Å². The molecule has 6 amide bonds. The second-order valence-corrected chi connectivity index (χ2v) is 15.1. The van der Waals surface area contributed by atoms with Crippen LogP contribution in [0.15, 0.2) is 73.2 Å². The molecule has 0 bridgehead atoms. The van der Waals surface area contributed by atoms with Crippen molar-refractivity contribution in [3.8, 4) is 16.9 Å². The number of carbonyl (C=O) groups is 6. The summed E-state index contributed by atoms with van der Waals surface area (Å²) in [4.78, 5) is 87.8. The third kappa shape index (κ3) is 8.50. The summed E-state index contributed by atoms with van der Waals surface area (Å²) in [6.45, 7) is 1.62. The lowest BCUT2D eigenvalue weighted by molar-refractivity contribution is -0.274. The summed E-state index contributed by atoms with van der Waals surface area (Å²) in [6.07, 6.45) is 0.227. The highest BCUT2D eigenvalue weighted by Gasteiger charge is 2.45. The molecule has 0 aliphatic carbocycles. The molecule has 0 saturated carbocycles. The van der Waals surface area contributed by atoms with E-state index in [0.717, 1.165) is 27.3 Å². The van der Waals surface area contributed by atoms with Crippen molar-refractivity contribution < 1.29 is 46.7 Å². The van der Waals surface area contributed by atoms with E-state index < -0.39 is 36.0 Å². The normalized spacial score (nSPS) is 16.1. The maximum absolute atomic E-state index is 13.3. The number of ether oxygens (including phenoxy) is 1. The molecule has 1 unspecified atom stereocenters. The Balaban J connectivity index is 0.840. The fraction of sp³-hybridized carbons (Fsp3) is 0.302. The van der Waals surface area contributed by atoms with E-state index in [1.165, 1.54) is 30.6 Å². The summed E-state index contributed by atoms with van der Waals surface area (Å²) in [5, 5.41) is 8.93. The number of nitrogens with zero attached hydrogens (tertiary/aromatic N) is 5. The smallest absolute Gasteiger partial charge is 0.406 e. The number of alkyl halides is 3. The van der Waals surface area contributed by atoms with E-state index in [2.05, 4.69) is 30.7 Å². The molecule has 62 heavy (non-hydrogen) atoms. The molecule has 1 fully saturated rings. The summed E-state index contributed by atoms with van der Waals surface area (Å²) in [5.41, 5.74) is 11.4. The summed E-state index contributed by atoms with van der Waals surface area (Å²) >= 11 is 0. The maximum atomic E-state index is 13.3. The largest absolute Gasteiger partial charge is 0.573 e. The second-order valence-electron chi connectivity index (χ2n) is 15.1. The number of piperidine rings is 1. The van der Waals surface area contributed by atoms with Gasteiger partial charge in [0.2, 0.25) is 23.6 Å². The van der Waals surface area contributed by atoms with Crippen LogP contribution in [0.4, 0.5) is 30.4 Å². The number of imide groups is 2. The minimum absolute atomic E-state index is 0.0232. The predicted octanol–water partition coefficient (Wildman–Crippen LogP) is 4.51. The molecule has 0 spiro atoms. The number of aromatic nitrogens is 3. The highest BCUT2D eigenvalue weighted by atomic mass is 19.4. The Kier molecular flexibility index (Phi) is 11.3. The number of nitrogen functional groups attached to an aromatic ring is 1. The Morgan fingerprint density at radius 2 is 1.76 bits per heavy atom. The van der Waals surface area contributed by atoms with E-state index in [1.54, 1.807) is 23.1 Å². The van der Waals surface area contributed by atoms with Gasteiger partial charge in [0, 0.05) is 62.2 Å². The van der Waals surface area contributed by atoms with Gasteiger partial charge in [-0.05, 0) is 78.8 Å². The standard InChI is InChI=1S/C43H40F3N9O7/c44-43(45,46)62-27-6-1-5-24(19-27)20-35(58)54-18-14-26-21-25(10-11-31(26)54)29-22-53(39-37(29)38(47)50-23-51-39)17-4-16-49-33(56)9-3-15-48-30-8-2-7-28-36(30)42(61)55(41(28)60)32-12-13-34(57)52-40(32)59/h1-2,5-8,10-11,19,21-23,32,48H,3-4,9,12-18,20H2,(H,49,56)(H2,47,50,51)(H,52,57,59). The number of amides is 6. The van der Waals surface area contributed by atoms with Crippen LogP contribution in [0.5, 0.6) is 5.75 Å². The molecule has 5 aromatic rings. The lowest BCUT2D eigenvalue weighted by atomic mass is 10.0. The Morgan fingerprint density at radius 3 is 2.56 bits per heavy atom. The number of anilines is 3. The number of benzene rings is 3. The molecular weight excluding hydrogens is 812 g/mol. The zero-order chi connectivity index (χ0) is 43.7. The third-order valence-corrected chi connectivity index (χ3v) is 11.0. The number of rotatable bonds is 14. The van der Waals surface area contributed by atoms with Gasteiger partial charge in [0.05, 0.1) is 22.9 Å². The van der Waals surface area contributed by atoms with E-state index in [1.807, 2.05) is 29.0 Å². The molecule has 19 heteroatoms. The SMILES string of the molecule is Nc1ncnc2c1c(-c1ccc3c(c1)CCN3C(=O)Cc1cccc(OC(F)(F)F)c1)cn2CCCNC(=O)CCCNc1cccc2c1C(=O)N(C1CCC(=O)NC1=O)C2=O. The highest BCUT2D eigenvalue weighted by molar-refractivity contribution is 6.25. The average molecular weight is 852 g/mol. The van der Waals surface area contributed by atoms with E-state index in [0.29, 0.717) is 73.5 Å². The van der Waals surface area contributed by atoms with E-state index in [4.69, 9.17) is 5.73 Å². The Morgan fingerprint density at radius 1 is 0.935 bits per heavy atom. The van der Waals surface area contributed by atoms with Crippen LogP contribution in [0.3, 0.4) is 0 Å². The summed E-state index contributed by atoms with van der Waals surface area (Å²) in [5.74, 6) is -2.87. The minimum atomic E-state index is -4.84. The van der Waals surface area contributed by atoms with Crippen molar-refractivity contribution in [2.45, 2.75) is 63.9 Å². The van der Waals surface area contributed by atoms with Gasteiger partial charge in [-0.1, -0.05) is 24.3 Å². The fourth-order valence-electron chi connectivity index (χ4n) is 8.19. The molecule has 3 aliphatic heterocycles. The molecule has 1 saturated heterocycles. The van der Waals surface area contributed by atoms with Gasteiger partial charge < -0.3 is 30.6 Å². The Labute approximate surface area is 351 Å². The number of hydrogen-bond acceptors (Lipinski definition) is 11. The van der Waals surface area contributed by atoms with Crippen molar-refractivity contribution in [1.29, 1.82) is 0 Å². The van der Waals surface area contributed by atoms with Gasteiger partial charge in [0.15, 0.2) is 0 Å². The van der Waals surface area contributed by atoms with Crippen LogP contribution in [0.25, 0.3) is 22.2 Å². The molecule has 3 aliphatic rings. The Hall–Kier alpha value is -7.31. The van der Waals surface area contributed by atoms with Crippen LogP contribution in [0.2, 0.25) is 0 Å². The number of halogens is 3. The van der Waals surface area contributed by atoms with Gasteiger partial charge in [-0.25, -0.2) is 9.97 Å². The first-order valence-electron chi connectivity index (χ1n) is 20.0. The number of nitrogens with one attached hydrogen (secondary N) is 3. The fourth-order valence-corrected chi connectivity index (χ4v) is 8.19. The summed E-state index contributed by atoms with van der Waals surface area (Å²) < 4.78 is 44.1. The third-order valence-electron chi connectivity index (χ3n) is 11.0. The first-order valence-corrected chi connectivity index (χ1v) is 20.0. The van der Waals surface area contributed by atoms with Crippen LogP contribution >= 0.6 is 0 Å². The topological polar surface area (TPSA) is 211 Å². The van der Waals surface area contributed by atoms with Crippen LogP contribution in [0.1, 0.15) is 63.9 Å². The van der Waals surface area contributed by atoms with Gasteiger partial charge in [0.25, 0.3) is 11.8 Å². The van der Waals surface area contributed by atoms with Gasteiger partial charge in [-0.2, -0.15) is 0 Å². The van der Waals surface area contributed by atoms with Gasteiger partial charge in [-0.15, -0.1) is 13.2 Å². The first-order chi connectivity index (χ1) is 29.8. The lowest BCUT2D eigenvalue weighted by Crippen LogP contribution is -2.54. The molecule has 2 aromatic heterocycles. The van der Waals surface area contributed by atoms with Gasteiger partial charge in [-0.3, -0.25) is 39.0 Å². The molecule has 5 heterocycles. The van der Waals surface area contributed by atoms with Gasteiger partial charge >= 0.3 is 6.36 Å². The molecule has 8 rings (SSSR count). The average Bonchev–Trinajstić information content (AvgIpc) is 3.90. The number of fused-ring (bicyclic) bond motifs is 3. The van der Waals surface area contributed by atoms with Crippen molar-refractivity contribution in [2.24, 2.45) is 0 Å². The van der Waals surface area contributed by atoms with Crippen molar-refractivity contribution in [1.82, 2.24) is 30.1 Å². The number of hydrogen-bond donors (Lipinski definition) is 4. The maximum Gasteiger partial charge on any atom is 0.573 e. The van der Waals surface area contributed by atoms with Crippen molar-refractivity contribution in [2.75, 3.05) is 35.6 Å². The predicted molar refractivity (Wildman–Crippen MR) is 219 cm³/mol. The van der Waals surface area contributed by atoms with E-state index >= 15 is 0 Å². The molecule has 3 aromatic carbocycles. The molecular formula is C43H40F3N9O7. The summed E-state index contributed by atoms with van der Waals surface area (Å²) in [7, 11) is 0. The molecule has 1 atom stereocenters. The highest BCUT2D eigenvalue weighted by Crippen LogP contribution is 2.38. The zero-order valence-corrected chi connectivity index (χ0v) is 33.1. The Bertz CT molecular complexity index is 2650. The van der Waals surface area contributed by atoms with E-state index in [-0.39, 0.29) is 54.4 Å². The lowest BCUT2D eigenvalue weighted by Gasteiger charge is -2.27. The molecule has 5 N–H and O–H groups in total. The van der Waals surface area contributed by atoms with Gasteiger partial charge in [0.1, 0.15) is 29.6 Å². The number of aryl methyl sites for hydroxylation is 1. The molecule has 320 valence electrons. The summed E-state index contributed by atoms with van der Waals surface area (Å²) in [6, 6.07) is 14.8. The second kappa shape index (κ2) is 17.0. The van der Waals surface area contributed by atoms with Crippen LogP contribution < -0.4 is 31.3 Å². The zero-order valence-electron chi connectivity index (χ0n) is 33.1. The van der Waals surface area contributed by atoms with E-state index in [9.17, 15) is 41.9 Å². The van der Waals surface area contributed by atoms with Crippen molar-refractivity contribution in [3.63, 3.8) is 0 Å². The minimum Gasteiger partial charge on any atom is -0.406 e. The van der Waals surface area contributed by atoms with Crippen molar-refractivity contribution >= 4 is 63.7 Å². The molecule has 16 nitrogen and oxygen atoms in total. The quantitative estimate of drug-likeness (QED) is 0.0902. The van der Waals surface area contributed by atoms with Crippen LogP contribution in [0, 0.1) is 0 Å². The van der Waals surface area contributed by atoms with Crippen LogP contribution in [-0.4, -0.2) is 86.9 Å². The van der Waals surface area contributed by atoms with Crippen molar-refractivity contribution in [3.05, 3.63) is 95.4 Å². The molecule has 0 radical (unpaired) electrons. The monoisotopic (exact) mass is 851 g/mol.